The van der Waals surface area contributed by atoms with E-state index in [-0.39, 0.29) is 24.3 Å². The molecule has 82 heavy (non-hydrogen) atoms. The topological polar surface area (TPSA) is 207 Å². The van der Waals surface area contributed by atoms with Crippen molar-refractivity contribution in [2.24, 2.45) is 0 Å². The van der Waals surface area contributed by atoms with Gasteiger partial charge in [0, 0.05) is 91.2 Å². The van der Waals surface area contributed by atoms with E-state index in [0.29, 0.717) is 12.2 Å². The third-order valence-corrected chi connectivity index (χ3v) is 12.3. The summed E-state index contributed by atoms with van der Waals surface area (Å²) in [6, 6.07) is 64.6. The van der Waals surface area contributed by atoms with E-state index in [2.05, 4.69) is 14.6 Å². The molecule has 15 nitrogen and oxygen atoms in total. The van der Waals surface area contributed by atoms with Crippen LogP contribution in [0, 0.1) is 29.2 Å². The van der Waals surface area contributed by atoms with Crippen molar-refractivity contribution in [3.8, 4) is 29.2 Å². The van der Waals surface area contributed by atoms with Gasteiger partial charge < -0.3 is 38.1 Å². The standard InChI is InChI=1S/C20H16N2O2.C18H12N2O2.C15H11NO.C9H7NO.C5H7NO2/c1-2-24-20(23)15(13-21)12-16-14-22(17-8-4-3-5-9-17)19-11-7-6-10-18(16)19;19-11-13(18(21)22)10-14-12-20(15-6-2-1-3-7-15)17-9-5-4-8-16(14)17;17-11-12-10-16(13-6-2-1-3-7-13)15-9-5-4-8-14(12)15;11-6-7-5-10-9-4-2-1-3-8(7)9;1-3-8-5(7)4-6-2/h3-12,14H,2H2,1H3;1-10,12H,(H,21,22);1-11H;1-6,10H;3-4H2,1H3/b15-12+;13-10+;;;. The molecule has 0 saturated carbocycles. The number of nitriles is 2. The van der Waals surface area contributed by atoms with E-state index in [0.717, 1.165) is 89.9 Å². The third kappa shape index (κ3) is 14.5. The molecular weight excluding hydrogens is 1030 g/mol. The third-order valence-electron chi connectivity index (χ3n) is 12.3. The molecule has 0 aliphatic carbocycles. The molecule has 0 fully saturated rings. The number of carbonyl (C=O) groups excluding carboxylic acids is 4. The summed E-state index contributed by atoms with van der Waals surface area (Å²) in [6.45, 7) is 10.1. The molecule has 0 aliphatic rings. The second-order valence-electron chi connectivity index (χ2n) is 17.4. The number of aromatic amines is 1. The van der Waals surface area contributed by atoms with Gasteiger partial charge in [0.15, 0.2) is 12.6 Å². The Labute approximate surface area is 472 Å². The summed E-state index contributed by atoms with van der Waals surface area (Å²) in [5.74, 6) is -2.27. The normalized spacial score (nSPS) is 10.6. The van der Waals surface area contributed by atoms with Gasteiger partial charge in [-0.15, -0.1) is 0 Å². The highest BCUT2D eigenvalue weighted by atomic mass is 16.5. The van der Waals surface area contributed by atoms with Gasteiger partial charge in [-0.3, -0.25) is 9.59 Å². The van der Waals surface area contributed by atoms with E-state index in [1.54, 1.807) is 32.2 Å². The van der Waals surface area contributed by atoms with Crippen LogP contribution < -0.4 is 0 Å². The van der Waals surface area contributed by atoms with Crippen molar-refractivity contribution >= 4 is 86.2 Å². The summed E-state index contributed by atoms with van der Waals surface area (Å²) >= 11 is 0. The van der Waals surface area contributed by atoms with Gasteiger partial charge in [0.25, 0.3) is 0 Å². The Kier molecular flexibility index (Phi) is 20.7. The Morgan fingerprint density at radius 3 is 1.30 bits per heavy atom. The number of nitrogens with one attached hydrogen (secondary N) is 1. The fourth-order valence-corrected chi connectivity index (χ4v) is 8.61. The van der Waals surface area contributed by atoms with Crippen molar-refractivity contribution < 1.29 is 38.6 Å². The van der Waals surface area contributed by atoms with Crippen LogP contribution in [-0.4, -0.2) is 74.0 Å². The van der Waals surface area contributed by atoms with Gasteiger partial charge in [0.1, 0.15) is 23.3 Å². The van der Waals surface area contributed by atoms with Gasteiger partial charge in [0.2, 0.25) is 0 Å². The van der Waals surface area contributed by atoms with Crippen LogP contribution in [0.5, 0.6) is 0 Å². The largest absolute Gasteiger partial charge is 0.477 e. The minimum absolute atomic E-state index is 0.00665. The number of nitrogens with zero attached hydrogens (tertiary/aromatic N) is 6. The molecule has 0 aliphatic heterocycles. The molecule has 0 atom stereocenters. The van der Waals surface area contributed by atoms with E-state index in [1.807, 2.05) is 226 Å². The average Bonchev–Trinajstić information content (AvgIpc) is 4.51. The van der Waals surface area contributed by atoms with Gasteiger partial charge in [-0.2, -0.15) is 10.5 Å². The molecule has 0 unspecified atom stereocenters. The number of hydrogen-bond donors (Lipinski definition) is 2. The van der Waals surface area contributed by atoms with Crippen molar-refractivity contribution in [1.29, 1.82) is 10.5 Å². The Hall–Kier alpha value is -11.6. The summed E-state index contributed by atoms with van der Waals surface area (Å²) in [4.78, 5) is 60.5. The molecule has 4 aromatic heterocycles. The Morgan fingerprint density at radius 1 is 0.524 bits per heavy atom. The van der Waals surface area contributed by atoms with Crippen LogP contribution >= 0.6 is 0 Å². The molecular formula is C67H53N7O8. The van der Waals surface area contributed by atoms with Gasteiger partial charge in [-0.1, -0.05) is 127 Å². The molecule has 7 aromatic carbocycles. The van der Waals surface area contributed by atoms with Crippen LogP contribution in [0.1, 0.15) is 45.7 Å². The number of fused-ring (bicyclic) bond motifs is 4. The number of hydrogen-bond acceptors (Lipinski definition) is 9. The average molecular weight is 1080 g/mol. The highest BCUT2D eigenvalue weighted by molar-refractivity contribution is 6.03. The van der Waals surface area contributed by atoms with E-state index in [4.69, 9.17) is 21.7 Å². The Balaban J connectivity index is 0.000000154. The number of aliphatic carboxylic acids is 1. The van der Waals surface area contributed by atoms with Gasteiger partial charge in [-0.25, -0.2) is 21.0 Å². The molecule has 0 bridgehead atoms. The van der Waals surface area contributed by atoms with Gasteiger partial charge in [-0.05, 0) is 86.7 Å². The zero-order chi connectivity index (χ0) is 58.2. The molecule has 0 saturated heterocycles. The molecule has 404 valence electrons. The first-order chi connectivity index (χ1) is 40.1. The summed E-state index contributed by atoms with van der Waals surface area (Å²) < 4.78 is 15.4. The molecule has 0 spiro atoms. The monoisotopic (exact) mass is 1080 g/mol. The van der Waals surface area contributed by atoms with Crippen molar-refractivity contribution in [1.82, 2.24) is 18.7 Å². The zero-order valence-electron chi connectivity index (χ0n) is 44.6. The lowest BCUT2D eigenvalue weighted by Gasteiger charge is -2.04. The minimum atomic E-state index is -1.22. The van der Waals surface area contributed by atoms with E-state index in [9.17, 15) is 29.2 Å². The number of aromatic nitrogens is 4. The number of rotatable bonds is 12. The first-order valence-corrected chi connectivity index (χ1v) is 25.6. The Morgan fingerprint density at radius 2 is 0.902 bits per heavy atom. The number of aldehydes is 2. The van der Waals surface area contributed by atoms with E-state index < -0.39 is 17.9 Å². The van der Waals surface area contributed by atoms with Crippen LogP contribution in [0.25, 0.3) is 77.7 Å². The van der Waals surface area contributed by atoms with Crippen molar-refractivity contribution in [2.45, 2.75) is 13.8 Å². The molecule has 4 heterocycles. The number of carboxylic acids is 1. The maximum atomic E-state index is 11.9. The van der Waals surface area contributed by atoms with Gasteiger partial charge in [0.05, 0.1) is 29.8 Å². The fraction of sp³-hybridized carbons (Fsp3) is 0.0746. The lowest BCUT2D eigenvalue weighted by Crippen LogP contribution is -2.05. The summed E-state index contributed by atoms with van der Waals surface area (Å²) in [7, 11) is 0. The predicted molar refractivity (Wildman–Crippen MR) is 318 cm³/mol. The van der Waals surface area contributed by atoms with E-state index >= 15 is 0 Å². The number of H-pyrrole nitrogens is 1. The molecule has 11 aromatic rings. The summed E-state index contributed by atoms with van der Waals surface area (Å²) in [5.41, 5.74) is 9.77. The number of ether oxygens (including phenoxy) is 2. The first-order valence-electron chi connectivity index (χ1n) is 25.6. The minimum Gasteiger partial charge on any atom is -0.477 e. The summed E-state index contributed by atoms with van der Waals surface area (Å²) in [5, 5.41) is 31.1. The number of esters is 2. The number of carbonyl (C=O) groups is 5. The van der Waals surface area contributed by atoms with Crippen LogP contribution in [0.4, 0.5) is 0 Å². The van der Waals surface area contributed by atoms with Crippen LogP contribution in [0.3, 0.4) is 0 Å². The van der Waals surface area contributed by atoms with Crippen molar-refractivity contribution in [3.05, 3.63) is 258 Å². The molecule has 0 radical (unpaired) electrons. The second kappa shape index (κ2) is 29.2. The first kappa shape index (κ1) is 58.1. The SMILES string of the molecule is CCOC(=O)/C(C#N)=C/c1cn(-c2ccccc2)c2ccccc12.N#C/C(=C\c1cn(-c2ccccc2)c2ccccc12)C(=O)O.O=Cc1c[nH]c2ccccc12.O=Cc1cn(-c2ccccc2)c2ccccc12.[C-]#[N+]CC(=O)OCC. The molecule has 15 heteroatoms. The van der Waals surface area contributed by atoms with E-state index in [1.165, 1.54) is 6.08 Å². The summed E-state index contributed by atoms with van der Waals surface area (Å²) in [6.07, 6.45) is 12.1. The zero-order valence-corrected chi connectivity index (χ0v) is 44.6. The lowest BCUT2D eigenvalue weighted by atomic mass is 10.1. The van der Waals surface area contributed by atoms with Crippen molar-refractivity contribution in [2.75, 3.05) is 19.8 Å². The quantitative estimate of drug-likeness (QED) is 0.0389. The van der Waals surface area contributed by atoms with Crippen LogP contribution in [-0.2, 0) is 23.9 Å². The van der Waals surface area contributed by atoms with Crippen LogP contribution in [0.2, 0.25) is 0 Å². The van der Waals surface area contributed by atoms with Gasteiger partial charge >= 0.3 is 24.5 Å². The number of para-hydroxylation sites is 7. The number of carboxylic acid groups (broad SMARTS) is 1. The lowest BCUT2D eigenvalue weighted by molar-refractivity contribution is -0.141. The smallest absolute Gasteiger partial charge is 0.387 e. The molecule has 0 amide bonds. The predicted octanol–water partition coefficient (Wildman–Crippen LogP) is 13.6. The number of benzene rings is 7. The highest BCUT2D eigenvalue weighted by Gasteiger charge is 2.15. The molecule has 2 N–H and O–H groups in total. The molecule has 11 rings (SSSR count). The highest BCUT2D eigenvalue weighted by Crippen LogP contribution is 2.29. The maximum Gasteiger partial charge on any atom is 0.387 e. The van der Waals surface area contributed by atoms with Crippen LogP contribution in [0.15, 0.2) is 224 Å². The maximum absolute atomic E-state index is 11.9. The van der Waals surface area contributed by atoms with Crippen molar-refractivity contribution in [3.63, 3.8) is 0 Å². The second-order valence-corrected chi connectivity index (χ2v) is 17.4. The fourth-order valence-electron chi connectivity index (χ4n) is 8.61. The Bertz CT molecular complexity index is 4210.